The number of hydrogen-bond acceptors (Lipinski definition) is 3. The molecule has 1 unspecified atom stereocenters. The second-order valence-electron chi connectivity index (χ2n) is 5.18. The largest absolute Gasteiger partial charge is 0.285 e. The Balaban J connectivity index is 1.60. The van der Waals surface area contributed by atoms with E-state index in [1.54, 1.807) is 6.20 Å². The van der Waals surface area contributed by atoms with Crippen molar-refractivity contribution in [2.75, 3.05) is 0 Å². The zero-order valence-electron chi connectivity index (χ0n) is 11.4. The average Bonchev–Trinajstić information content (AvgIpc) is 3.17. The minimum Gasteiger partial charge on any atom is -0.285 e. The highest BCUT2D eigenvalue weighted by Crippen LogP contribution is 2.35. The minimum atomic E-state index is 0.235. The number of pyridine rings is 1. The summed E-state index contributed by atoms with van der Waals surface area (Å²) in [7, 11) is 0. The quantitative estimate of drug-likeness (QED) is 0.935. The van der Waals surface area contributed by atoms with Gasteiger partial charge in [-0.2, -0.15) is 5.10 Å². The lowest BCUT2D eigenvalue weighted by Crippen LogP contribution is -2.17. The number of nitrogens with zero attached hydrogens (tertiary/aromatic N) is 3. The van der Waals surface area contributed by atoms with Crippen LogP contribution in [0.15, 0.2) is 71.9 Å². The van der Waals surface area contributed by atoms with Gasteiger partial charge in [0, 0.05) is 42.7 Å². The molecule has 0 saturated carbocycles. The second-order valence-corrected chi connectivity index (χ2v) is 5.18. The number of hydrogen-bond donors (Lipinski definition) is 1. The van der Waals surface area contributed by atoms with Crippen LogP contribution in [0.1, 0.15) is 11.1 Å². The molecule has 2 aliphatic rings. The Kier molecular flexibility index (Phi) is 2.85. The molecule has 0 spiro atoms. The van der Waals surface area contributed by atoms with Crippen LogP contribution < -0.4 is 0 Å². The summed E-state index contributed by atoms with van der Waals surface area (Å²) in [5.41, 5.74) is 5.90. The molecule has 0 fully saturated rings. The average molecular weight is 274 g/mol. The maximum atomic E-state index is 4.65. The van der Waals surface area contributed by atoms with E-state index in [2.05, 4.69) is 44.5 Å². The zero-order valence-corrected chi connectivity index (χ0v) is 11.4. The molecule has 2 aromatic rings. The summed E-state index contributed by atoms with van der Waals surface area (Å²) < 4.78 is 0. The summed E-state index contributed by atoms with van der Waals surface area (Å²) in [6.45, 7) is 0. The lowest BCUT2D eigenvalue weighted by Gasteiger charge is -2.18. The van der Waals surface area contributed by atoms with Crippen LogP contribution in [0.2, 0.25) is 0 Å². The zero-order chi connectivity index (χ0) is 14.1. The molecular formula is C17H14N4. The van der Waals surface area contributed by atoms with E-state index in [0.717, 1.165) is 17.7 Å². The van der Waals surface area contributed by atoms with Crippen LogP contribution in [0.5, 0.6) is 0 Å². The Hall–Kier alpha value is -2.75. The van der Waals surface area contributed by atoms with Gasteiger partial charge in [0.05, 0.1) is 11.9 Å². The van der Waals surface area contributed by atoms with Gasteiger partial charge in [0.15, 0.2) is 0 Å². The minimum absolute atomic E-state index is 0.235. The highest BCUT2D eigenvalue weighted by Gasteiger charge is 2.28. The van der Waals surface area contributed by atoms with Gasteiger partial charge in [0.1, 0.15) is 0 Å². The normalized spacial score (nSPS) is 19.8. The number of aliphatic imine (C=N–C) groups is 1. The van der Waals surface area contributed by atoms with E-state index in [-0.39, 0.29) is 5.92 Å². The molecule has 4 heteroatoms. The van der Waals surface area contributed by atoms with Crippen molar-refractivity contribution in [2.24, 2.45) is 10.9 Å². The van der Waals surface area contributed by atoms with Gasteiger partial charge in [-0.05, 0) is 22.8 Å². The molecule has 4 rings (SSSR count). The first-order valence-corrected chi connectivity index (χ1v) is 6.95. The van der Waals surface area contributed by atoms with Crippen molar-refractivity contribution >= 4 is 11.3 Å². The van der Waals surface area contributed by atoms with Gasteiger partial charge < -0.3 is 0 Å². The van der Waals surface area contributed by atoms with Crippen molar-refractivity contribution in [1.82, 2.24) is 15.2 Å². The number of H-pyrrole nitrogens is 1. The van der Waals surface area contributed by atoms with E-state index in [1.807, 2.05) is 30.9 Å². The second kappa shape index (κ2) is 4.98. The fraction of sp³-hybridized carbons (Fsp3) is 0.118. The van der Waals surface area contributed by atoms with Gasteiger partial charge in [0.2, 0.25) is 0 Å². The van der Waals surface area contributed by atoms with Gasteiger partial charge in [0.25, 0.3) is 0 Å². The number of fused-ring (bicyclic) bond motifs is 1. The Labute approximate surface area is 122 Å². The highest BCUT2D eigenvalue weighted by atomic mass is 15.1. The summed E-state index contributed by atoms with van der Waals surface area (Å²) in [4.78, 5) is 8.83. The number of rotatable bonds is 3. The van der Waals surface area contributed by atoms with Crippen molar-refractivity contribution in [3.8, 4) is 0 Å². The lowest BCUT2D eigenvalue weighted by atomic mass is 9.84. The van der Waals surface area contributed by atoms with Crippen molar-refractivity contribution in [3.63, 3.8) is 0 Å². The van der Waals surface area contributed by atoms with E-state index in [0.29, 0.717) is 0 Å². The first-order valence-electron chi connectivity index (χ1n) is 6.95. The van der Waals surface area contributed by atoms with Gasteiger partial charge in [-0.3, -0.25) is 15.1 Å². The summed E-state index contributed by atoms with van der Waals surface area (Å²) in [5.74, 6) is 0.235. The van der Waals surface area contributed by atoms with Crippen LogP contribution >= 0.6 is 0 Å². The number of aromatic amines is 1. The molecule has 0 amide bonds. The van der Waals surface area contributed by atoms with E-state index >= 15 is 0 Å². The molecule has 1 aliphatic carbocycles. The molecule has 0 aromatic carbocycles. The molecular weight excluding hydrogens is 260 g/mol. The molecule has 0 saturated heterocycles. The Morgan fingerprint density at radius 1 is 1.24 bits per heavy atom. The van der Waals surface area contributed by atoms with Crippen LogP contribution in [0, 0.1) is 5.92 Å². The molecule has 2 aromatic heterocycles. The summed E-state index contributed by atoms with van der Waals surface area (Å²) in [5, 5.41) is 6.89. The topological polar surface area (TPSA) is 53.9 Å². The van der Waals surface area contributed by atoms with Crippen LogP contribution in [-0.2, 0) is 6.42 Å². The van der Waals surface area contributed by atoms with Gasteiger partial charge in [-0.1, -0.05) is 24.3 Å². The van der Waals surface area contributed by atoms with Gasteiger partial charge >= 0.3 is 0 Å². The maximum Gasteiger partial charge on any atom is 0.0563 e. The SMILES string of the molecule is C1=CC2C(c3cn[nH]c3)=CN=C2C(Cc2cccnc2)=C1. The Morgan fingerprint density at radius 3 is 3.05 bits per heavy atom. The monoisotopic (exact) mass is 274 g/mol. The molecule has 102 valence electrons. The molecule has 21 heavy (non-hydrogen) atoms. The third-order valence-corrected chi connectivity index (χ3v) is 3.85. The highest BCUT2D eigenvalue weighted by molar-refractivity contribution is 6.13. The van der Waals surface area contributed by atoms with Crippen molar-refractivity contribution < 1.29 is 0 Å². The Morgan fingerprint density at radius 2 is 2.24 bits per heavy atom. The van der Waals surface area contributed by atoms with E-state index in [1.165, 1.54) is 16.7 Å². The fourth-order valence-corrected chi connectivity index (χ4v) is 2.83. The fourth-order valence-electron chi connectivity index (χ4n) is 2.83. The first kappa shape index (κ1) is 12.0. The maximum absolute atomic E-state index is 4.65. The van der Waals surface area contributed by atoms with Crippen molar-refractivity contribution in [1.29, 1.82) is 0 Å². The number of aromatic nitrogens is 3. The number of allylic oxidation sites excluding steroid dienone is 5. The first-order chi connectivity index (χ1) is 10.4. The molecule has 1 N–H and O–H groups in total. The van der Waals surface area contributed by atoms with Gasteiger partial charge in [-0.25, -0.2) is 0 Å². The van der Waals surface area contributed by atoms with E-state index in [9.17, 15) is 0 Å². The Bertz CT molecular complexity index is 764. The smallest absolute Gasteiger partial charge is 0.0563 e. The lowest BCUT2D eigenvalue weighted by molar-refractivity contribution is 1.09. The predicted molar refractivity (Wildman–Crippen MR) is 82.7 cm³/mol. The molecule has 0 bridgehead atoms. The summed E-state index contributed by atoms with van der Waals surface area (Å²) >= 11 is 0. The van der Waals surface area contributed by atoms with Crippen LogP contribution in [0.3, 0.4) is 0 Å². The molecule has 4 nitrogen and oxygen atoms in total. The summed E-state index contributed by atoms with van der Waals surface area (Å²) in [6.07, 6.45) is 16.7. The van der Waals surface area contributed by atoms with Crippen LogP contribution in [0.4, 0.5) is 0 Å². The van der Waals surface area contributed by atoms with E-state index < -0.39 is 0 Å². The van der Waals surface area contributed by atoms with Gasteiger partial charge in [-0.15, -0.1) is 0 Å². The molecule has 0 radical (unpaired) electrons. The molecule has 3 heterocycles. The number of nitrogens with one attached hydrogen (secondary N) is 1. The van der Waals surface area contributed by atoms with E-state index in [4.69, 9.17) is 0 Å². The third kappa shape index (κ3) is 2.14. The van der Waals surface area contributed by atoms with Crippen molar-refractivity contribution in [2.45, 2.75) is 6.42 Å². The standard InChI is InChI=1S/C17H14N4/c1-4-13(7-12-3-2-6-18-8-12)17-15(5-1)16(11-19-17)14-9-20-21-10-14/h1-6,8-11,15H,7H2,(H,20,21). The predicted octanol–water partition coefficient (Wildman–Crippen LogP) is 2.96. The van der Waals surface area contributed by atoms with Crippen molar-refractivity contribution in [3.05, 3.63) is 78.0 Å². The summed E-state index contributed by atoms with van der Waals surface area (Å²) in [6, 6.07) is 4.07. The molecule has 1 atom stereocenters. The van der Waals surface area contributed by atoms with Crippen LogP contribution in [0.25, 0.3) is 5.57 Å². The third-order valence-electron chi connectivity index (χ3n) is 3.85. The van der Waals surface area contributed by atoms with Crippen LogP contribution in [-0.4, -0.2) is 20.9 Å². The molecule has 1 aliphatic heterocycles.